The molecule has 0 spiro atoms. The number of ether oxygens (including phenoxy) is 3. The number of halogens is 1. The molecule has 44 heavy (non-hydrogen) atoms. The first-order chi connectivity index (χ1) is 21.1. The molecule has 1 saturated heterocycles. The Morgan fingerprint density at radius 1 is 1.05 bits per heavy atom. The van der Waals surface area contributed by atoms with Crippen molar-refractivity contribution < 1.29 is 36.9 Å². The number of aliphatic carboxylic acids is 1. The third-order valence-corrected chi connectivity index (χ3v) is 9.24. The number of carboxylic acids is 1. The fourth-order valence-corrected chi connectivity index (χ4v) is 7.06. The standard InChI is InChI=1S/C32H36FN3O7S/c1-22(2)43-27-10-12-28(13-11-27)44(39,40)35-20-24(18-25(35)21-41-15-6-16-42-26-7-4-3-5-8-26)36-31-17-23(33)9-14-29(31)30(34-36)19-32(37)38/h3-5,7-14,17,22,24-25H,6,15-16,18-21H2,1-2H3,(H,37,38)/t24-,25-/m1/s1. The molecule has 0 aliphatic carbocycles. The van der Waals surface area contributed by atoms with Crippen LogP contribution >= 0.6 is 0 Å². The van der Waals surface area contributed by atoms with Crippen LogP contribution in [0.25, 0.3) is 10.9 Å². The van der Waals surface area contributed by atoms with Crippen LogP contribution in [-0.4, -0.2) is 72.1 Å². The molecule has 0 unspecified atom stereocenters. The van der Waals surface area contributed by atoms with Crippen molar-refractivity contribution in [3.63, 3.8) is 0 Å². The number of para-hydroxylation sites is 1. The molecule has 2 heterocycles. The second kappa shape index (κ2) is 13.7. The molecule has 234 valence electrons. The number of aromatic nitrogens is 2. The van der Waals surface area contributed by atoms with Gasteiger partial charge in [0.15, 0.2) is 0 Å². The molecule has 3 aromatic carbocycles. The summed E-state index contributed by atoms with van der Waals surface area (Å²) < 4.78 is 62.6. The number of rotatable bonds is 14. The summed E-state index contributed by atoms with van der Waals surface area (Å²) in [5.74, 6) is -0.238. The smallest absolute Gasteiger partial charge is 0.309 e. The van der Waals surface area contributed by atoms with Gasteiger partial charge in [-0.25, -0.2) is 12.8 Å². The molecule has 5 rings (SSSR count). The van der Waals surface area contributed by atoms with Crippen molar-refractivity contribution in [2.24, 2.45) is 0 Å². The monoisotopic (exact) mass is 625 g/mol. The minimum absolute atomic E-state index is 0.0531. The summed E-state index contributed by atoms with van der Waals surface area (Å²) in [6.45, 7) is 4.77. The summed E-state index contributed by atoms with van der Waals surface area (Å²) in [6.07, 6.45) is 0.549. The Morgan fingerprint density at radius 2 is 1.80 bits per heavy atom. The second-order valence-electron chi connectivity index (χ2n) is 11.0. The highest BCUT2D eigenvalue weighted by atomic mass is 32.2. The minimum atomic E-state index is -3.97. The molecule has 10 nitrogen and oxygen atoms in total. The van der Waals surface area contributed by atoms with Crippen molar-refractivity contribution >= 4 is 26.9 Å². The van der Waals surface area contributed by atoms with Gasteiger partial charge in [-0.15, -0.1) is 0 Å². The summed E-state index contributed by atoms with van der Waals surface area (Å²) >= 11 is 0. The van der Waals surface area contributed by atoms with Crippen LogP contribution in [0.2, 0.25) is 0 Å². The second-order valence-corrected chi connectivity index (χ2v) is 12.9. The third-order valence-electron chi connectivity index (χ3n) is 7.31. The minimum Gasteiger partial charge on any atom is -0.494 e. The van der Waals surface area contributed by atoms with E-state index >= 15 is 0 Å². The highest BCUT2D eigenvalue weighted by Crippen LogP contribution is 2.35. The first-order valence-electron chi connectivity index (χ1n) is 14.5. The van der Waals surface area contributed by atoms with Gasteiger partial charge in [0.05, 0.1) is 53.9 Å². The van der Waals surface area contributed by atoms with Gasteiger partial charge in [0.25, 0.3) is 0 Å². The summed E-state index contributed by atoms with van der Waals surface area (Å²) in [4.78, 5) is 11.6. The molecule has 0 radical (unpaired) electrons. The van der Waals surface area contributed by atoms with Crippen LogP contribution < -0.4 is 9.47 Å². The maximum absolute atomic E-state index is 14.3. The fourth-order valence-electron chi connectivity index (χ4n) is 5.40. The zero-order valence-corrected chi connectivity index (χ0v) is 25.5. The Balaban J connectivity index is 1.36. The Bertz CT molecular complexity index is 1680. The van der Waals surface area contributed by atoms with Gasteiger partial charge in [-0.2, -0.15) is 9.40 Å². The van der Waals surface area contributed by atoms with Gasteiger partial charge in [-0.05, 0) is 74.9 Å². The zero-order chi connectivity index (χ0) is 31.3. The van der Waals surface area contributed by atoms with Gasteiger partial charge in [0, 0.05) is 25.0 Å². The molecule has 0 amide bonds. The number of hydrogen-bond acceptors (Lipinski definition) is 7. The molecule has 1 aromatic heterocycles. The Kier molecular flexibility index (Phi) is 9.82. The van der Waals surface area contributed by atoms with E-state index in [-0.39, 0.29) is 30.6 Å². The molecule has 12 heteroatoms. The van der Waals surface area contributed by atoms with E-state index in [0.717, 1.165) is 5.75 Å². The van der Waals surface area contributed by atoms with E-state index in [9.17, 15) is 22.7 Å². The largest absolute Gasteiger partial charge is 0.494 e. The van der Waals surface area contributed by atoms with E-state index in [1.165, 1.54) is 34.6 Å². The average molecular weight is 626 g/mol. The zero-order valence-electron chi connectivity index (χ0n) is 24.6. The SMILES string of the molecule is CC(C)Oc1ccc(S(=O)(=O)N2C[C@H](n3nc(CC(=O)O)c4ccc(F)cc43)C[C@@H]2COCCCOc2ccccc2)cc1. The number of fused-ring (bicyclic) bond motifs is 1. The molecule has 1 aliphatic rings. The molecule has 1 fully saturated rings. The van der Waals surface area contributed by atoms with E-state index in [0.29, 0.717) is 48.4 Å². The number of benzene rings is 3. The lowest BCUT2D eigenvalue weighted by Gasteiger charge is -2.24. The summed E-state index contributed by atoms with van der Waals surface area (Å²) in [5.41, 5.74) is 0.708. The lowest BCUT2D eigenvalue weighted by molar-refractivity contribution is -0.136. The molecule has 1 aliphatic heterocycles. The van der Waals surface area contributed by atoms with Crippen LogP contribution in [-0.2, 0) is 26.0 Å². The van der Waals surface area contributed by atoms with Crippen molar-refractivity contribution in [2.75, 3.05) is 26.4 Å². The normalized spacial score (nSPS) is 17.4. The van der Waals surface area contributed by atoms with Crippen LogP contribution in [0, 0.1) is 5.82 Å². The number of sulfonamides is 1. The van der Waals surface area contributed by atoms with Crippen LogP contribution in [0.1, 0.15) is 38.4 Å². The lowest BCUT2D eigenvalue weighted by Crippen LogP contribution is -2.38. The van der Waals surface area contributed by atoms with Crippen molar-refractivity contribution in [3.05, 3.63) is 84.3 Å². The van der Waals surface area contributed by atoms with Gasteiger partial charge < -0.3 is 19.3 Å². The maximum Gasteiger partial charge on any atom is 0.309 e. The van der Waals surface area contributed by atoms with E-state index in [2.05, 4.69) is 5.10 Å². The maximum atomic E-state index is 14.3. The molecule has 0 saturated carbocycles. The molecule has 4 aromatic rings. The Hall–Kier alpha value is -4.00. The highest BCUT2D eigenvalue weighted by molar-refractivity contribution is 7.89. The van der Waals surface area contributed by atoms with E-state index < -0.39 is 33.9 Å². The van der Waals surface area contributed by atoms with Crippen LogP contribution in [0.3, 0.4) is 0 Å². The molecular formula is C32H36FN3O7S. The third kappa shape index (κ3) is 7.37. The summed E-state index contributed by atoms with van der Waals surface area (Å²) in [7, 11) is -3.97. The molecule has 2 atom stereocenters. The Labute approximate surface area is 256 Å². The van der Waals surface area contributed by atoms with Gasteiger partial charge >= 0.3 is 5.97 Å². The van der Waals surface area contributed by atoms with Gasteiger partial charge in [0.1, 0.15) is 17.3 Å². The summed E-state index contributed by atoms with van der Waals surface area (Å²) in [5, 5.41) is 14.5. The van der Waals surface area contributed by atoms with Gasteiger partial charge in [-0.3, -0.25) is 9.48 Å². The predicted molar refractivity (Wildman–Crippen MR) is 162 cm³/mol. The average Bonchev–Trinajstić information content (AvgIpc) is 3.57. The number of hydrogen-bond donors (Lipinski definition) is 1. The van der Waals surface area contributed by atoms with Crippen molar-refractivity contribution in [1.82, 2.24) is 14.1 Å². The predicted octanol–water partition coefficient (Wildman–Crippen LogP) is 5.08. The summed E-state index contributed by atoms with van der Waals surface area (Å²) in [6, 6.07) is 18.8. The van der Waals surface area contributed by atoms with Crippen molar-refractivity contribution in [3.8, 4) is 11.5 Å². The quantitative estimate of drug-likeness (QED) is 0.193. The Morgan fingerprint density at radius 3 is 2.50 bits per heavy atom. The van der Waals surface area contributed by atoms with Crippen LogP contribution in [0.15, 0.2) is 77.7 Å². The fraction of sp³-hybridized carbons (Fsp3) is 0.375. The van der Waals surface area contributed by atoms with Crippen molar-refractivity contribution in [1.29, 1.82) is 0 Å². The van der Waals surface area contributed by atoms with E-state index in [4.69, 9.17) is 14.2 Å². The molecular weight excluding hydrogens is 589 g/mol. The first-order valence-corrected chi connectivity index (χ1v) is 16.0. The van der Waals surface area contributed by atoms with E-state index in [1.54, 1.807) is 16.8 Å². The number of carboxylic acid groups (broad SMARTS) is 1. The molecule has 1 N–H and O–H groups in total. The van der Waals surface area contributed by atoms with Crippen LogP contribution in [0.4, 0.5) is 4.39 Å². The number of nitrogens with zero attached hydrogens (tertiary/aromatic N) is 3. The van der Waals surface area contributed by atoms with E-state index in [1.807, 2.05) is 44.2 Å². The van der Waals surface area contributed by atoms with Crippen molar-refractivity contribution in [2.45, 2.75) is 56.2 Å². The van der Waals surface area contributed by atoms with Gasteiger partial charge in [0.2, 0.25) is 10.0 Å². The van der Waals surface area contributed by atoms with Crippen LogP contribution in [0.5, 0.6) is 11.5 Å². The number of carbonyl (C=O) groups is 1. The lowest BCUT2D eigenvalue weighted by atomic mass is 10.1. The first kappa shape index (κ1) is 31.4. The van der Waals surface area contributed by atoms with Gasteiger partial charge in [-0.1, -0.05) is 18.2 Å². The molecule has 0 bridgehead atoms. The highest BCUT2D eigenvalue weighted by Gasteiger charge is 2.42. The topological polar surface area (TPSA) is 120 Å².